The van der Waals surface area contributed by atoms with E-state index in [1.54, 1.807) is 7.11 Å². The fraction of sp³-hybridized carbons (Fsp3) is 0.818. The summed E-state index contributed by atoms with van der Waals surface area (Å²) in [5, 5.41) is 5.13. The highest BCUT2D eigenvalue weighted by Gasteiger charge is 2.13. The molecule has 0 aliphatic rings. The number of carbonyl (C=O) groups is 2. The number of methoxy groups -OCH3 is 1. The maximum atomic E-state index is 11.4. The van der Waals surface area contributed by atoms with Gasteiger partial charge in [-0.05, 0) is 5.92 Å². The van der Waals surface area contributed by atoms with E-state index in [9.17, 15) is 9.59 Å². The number of nitrogens with one attached hydrogen (secondary N) is 2. The predicted molar refractivity (Wildman–Crippen MR) is 65.3 cm³/mol. The first-order valence-electron chi connectivity index (χ1n) is 5.75. The zero-order valence-electron chi connectivity index (χ0n) is 10.8. The molecular formula is C11H23N3O3. The quantitative estimate of drug-likeness (QED) is 0.490. The molecule has 6 heteroatoms. The van der Waals surface area contributed by atoms with Crippen LogP contribution in [0, 0.1) is 5.92 Å². The highest BCUT2D eigenvalue weighted by Crippen LogP contribution is 2.01. The summed E-state index contributed by atoms with van der Waals surface area (Å²) in [6.45, 7) is 4.78. The Bertz CT molecular complexity index is 244. The van der Waals surface area contributed by atoms with Crippen molar-refractivity contribution < 1.29 is 14.3 Å². The van der Waals surface area contributed by atoms with Crippen molar-refractivity contribution in [1.82, 2.24) is 10.6 Å². The van der Waals surface area contributed by atoms with Crippen molar-refractivity contribution in [1.29, 1.82) is 0 Å². The van der Waals surface area contributed by atoms with Gasteiger partial charge in [-0.15, -0.1) is 0 Å². The molecule has 4 N–H and O–H groups in total. The molecule has 0 aliphatic heterocycles. The summed E-state index contributed by atoms with van der Waals surface area (Å²) in [6.07, 6.45) is 0.239. The van der Waals surface area contributed by atoms with Crippen molar-refractivity contribution in [2.45, 2.75) is 26.3 Å². The average Bonchev–Trinajstić information content (AvgIpc) is 2.26. The molecule has 6 nitrogen and oxygen atoms in total. The average molecular weight is 245 g/mol. The predicted octanol–water partition coefficient (Wildman–Crippen LogP) is -0.761. The van der Waals surface area contributed by atoms with Crippen LogP contribution in [0.15, 0.2) is 0 Å². The standard InChI is InChI=1S/C11H23N3O3/c1-8(2)9(12)6-10(15)14-7-11(16)13-4-5-17-3/h8-9H,4-7,12H2,1-3H3,(H,13,16)(H,14,15). The molecule has 1 atom stereocenters. The lowest BCUT2D eigenvalue weighted by Crippen LogP contribution is -2.40. The molecule has 0 aromatic rings. The van der Waals surface area contributed by atoms with Crippen LogP contribution in [0.25, 0.3) is 0 Å². The van der Waals surface area contributed by atoms with Crippen LogP contribution in [0.4, 0.5) is 0 Å². The first-order valence-corrected chi connectivity index (χ1v) is 5.75. The van der Waals surface area contributed by atoms with E-state index in [1.165, 1.54) is 0 Å². The van der Waals surface area contributed by atoms with Crippen LogP contribution in [0.5, 0.6) is 0 Å². The van der Waals surface area contributed by atoms with E-state index in [1.807, 2.05) is 13.8 Å². The molecule has 100 valence electrons. The lowest BCUT2D eigenvalue weighted by atomic mass is 10.0. The molecule has 2 amide bonds. The number of hydrogen-bond donors (Lipinski definition) is 3. The van der Waals surface area contributed by atoms with Crippen LogP contribution in [-0.4, -0.2) is 44.7 Å². The van der Waals surface area contributed by atoms with Crippen LogP contribution in [0.3, 0.4) is 0 Å². The summed E-state index contributed by atoms with van der Waals surface area (Å²) in [4.78, 5) is 22.6. The smallest absolute Gasteiger partial charge is 0.239 e. The number of hydrogen-bond acceptors (Lipinski definition) is 4. The second-order valence-corrected chi connectivity index (χ2v) is 4.23. The molecule has 0 aromatic heterocycles. The number of ether oxygens (including phenoxy) is 1. The summed E-state index contributed by atoms with van der Waals surface area (Å²) in [5.41, 5.74) is 5.74. The fourth-order valence-electron chi connectivity index (χ4n) is 1.06. The van der Waals surface area contributed by atoms with Crippen LogP contribution in [-0.2, 0) is 14.3 Å². The number of amides is 2. The maximum absolute atomic E-state index is 11.4. The molecule has 0 heterocycles. The Kier molecular flexibility index (Phi) is 8.35. The molecule has 0 saturated heterocycles. The summed E-state index contributed by atoms with van der Waals surface area (Å²) < 4.78 is 4.78. The van der Waals surface area contributed by atoms with Crippen molar-refractivity contribution in [2.24, 2.45) is 11.7 Å². The van der Waals surface area contributed by atoms with Gasteiger partial charge in [-0.3, -0.25) is 9.59 Å². The van der Waals surface area contributed by atoms with Crippen LogP contribution >= 0.6 is 0 Å². The third-order valence-electron chi connectivity index (χ3n) is 2.35. The largest absolute Gasteiger partial charge is 0.383 e. The molecule has 0 saturated carbocycles. The zero-order valence-corrected chi connectivity index (χ0v) is 10.8. The molecule has 0 aliphatic carbocycles. The fourth-order valence-corrected chi connectivity index (χ4v) is 1.06. The van der Waals surface area contributed by atoms with E-state index >= 15 is 0 Å². The van der Waals surface area contributed by atoms with Crippen LogP contribution in [0.1, 0.15) is 20.3 Å². The van der Waals surface area contributed by atoms with E-state index in [0.717, 1.165) is 0 Å². The molecule has 1 unspecified atom stereocenters. The Balaban J connectivity index is 3.66. The van der Waals surface area contributed by atoms with E-state index in [0.29, 0.717) is 13.2 Å². The van der Waals surface area contributed by atoms with Gasteiger partial charge in [0.15, 0.2) is 0 Å². The van der Waals surface area contributed by atoms with E-state index in [2.05, 4.69) is 10.6 Å². The summed E-state index contributed by atoms with van der Waals surface area (Å²) in [7, 11) is 1.56. The first kappa shape index (κ1) is 15.9. The van der Waals surface area contributed by atoms with E-state index < -0.39 is 0 Å². The Hall–Kier alpha value is -1.14. The Morgan fingerprint density at radius 1 is 1.24 bits per heavy atom. The minimum Gasteiger partial charge on any atom is -0.383 e. The zero-order chi connectivity index (χ0) is 13.3. The maximum Gasteiger partial charge on any atom is 0.239 e. The lowest BCUT2D eigenvalue weighted by molar-refractivity contribution is -0.126. The molecule has 0 radical (unpaired) electrons. The summed E-state index contributed by atoms with van der Waals surface area (Å²) in [5.74, 6) is -0.183. The van der Waals surface area contributed by atoms with Gasteiger partial charge in [-0.1, -0.05) is 13.8 Å². The molecular weight excluding hydrogens is 222 g/mol. The number of carbonyl (C=O) groups excluding carboxylic acids is 2. The van der Waals surface area contributed by atoms with Crippen LogP contribution < -0.4 is 16.4 Å². The molecule has 0 rings (SSSR count). The van der Waals surface area contributed by atoms with Gasteiger partial charge in [0.2, 0.25) is 11.8 Å². The van der Waals surface area contributed by atoms with Crippen molar-refractivity contribution in [3.63, 3.8) is 0 Å². The van der Waals surface area contributed by atoms with Gasteiger partial charge in [0.1, 0.15) is 0 Å². The highest BCUT2D eigenvalue weighted by atomic mass is 16.5. The minimum atomic E-state index is -0.228. The van der Waals surface area contributed by atoms with Gasteiger partial charge in [0.05, 0.1) is 13.2 Å². The second kappa shape index (κ2) is 8.95. The molecule has 17 heavy (non-hydrogen) atoms. The number of rotatable bonds is 8. The number of nitrogens with two attached hydrogens (primary N) is 1. The third kappa shape index (κ3) is 8.65. The summed E-state index contributed by atoms with van der Waals surface area (Å²) in [6, 6.07) is -0.174. The minimum absolute atomic E-state index is 0.0205. The third-order valence-corrected chi connectivity index (χ3v) is 2.35. The SMILES string of the molecule is COCCNC(=O)CNC(=O)CC(N)C(C)C. The summed E-state index contributed by atoms with van der Waals surface area (Å²) >= 11 is 0. The van der Waals surface area contributed by atoms with Gasteiger partial charge in [0, 0.05) is 26.1 Å². The molecule has 0 spiro atoms. The van der Waals surface area contributed by atoms with E-state index in [4.69, 9.17) is 10.5 Å². The Labute approximate surface area is 102 Å². The highest BCUT2D eigenvalue weighted by molar-refractivity contribution is 5.84. The van der Waals surface area contributed by atoms with Gasteiger partial charge in [-0.2, -0.15) is 0 Å². The van der Waals surface area contributed by atoms with Crippen LogP contribution in [0.2, 0.25) is 0 Å². The van der Waals surface area contributed by atoms with Crippen molar-refractivity contribution in [2.75, 3.05) is 26.8 Å². The van der Waals surface area contributed by atoms with E-state index in [-0.39, 0.29) is 36.7 Å². The van der Waals surface area contributed by atoms with Gasteiger partial charge in [-0.25, -0.2) is 0 Å². The molecule has 0 bridgehead atoms. The van der Waals surface area contributed by atoms with Gasteiger partial charge in [0.25, 0.3) is 0 Å². The second-order valence-electron chi connectivity index (χ2n) is 4.23. The van der Waals surface area contributed by atoms with Crippen molar-refractivity contribution in [3.05, 3.63) is 0 Å². The first-order chi connectivity index (χ1) is 7.97. The topological polar surface area (TPSA) is 93.5 Å². The van der Waals surface area contributed by atoms with Crippen molar-refractivity contribution >= 4 is 11.8 Å². The normalized spacial score (nSPS) is 12.3. The lowest BCUT2D eigenvalue weighted by Gasteiger charge is -2.14. The van der Waals surface area contributed by atoms with Gasteiger partial charge < -0.3 is 21.1 Å². The van der Waals surface area contributed by atoms with Crippen molar-refractivity contribution in [3.8, 4) is 0 Å². The Morgan fingerprint density at radius 3 is 2.41 bits per heavy atom. The molecule has 0 aromatic carbocycles. The van der Waals surface area contributed by atoms with Gasteiger partial charge >= 0.3 is 0 Å². The Morgan fingerprint density at radius 2 is 1.88 bits per heavy atom. The molecule has 0 fully saturated rings. The monoisotopic (exact) mass is 245 g/mol.